The lowest BCUT2D eigenvalue weighted by Gasteiger charge is -2.14. The molecule has 2 heteroatoms. The minimum Gasteiger partial charge on any atom is -0.354 e. The highest BCUT2D eigenvalue weighted by atomic mass is 14.9. The molecule has 0 spiro atoms. The lowest BCUT2D eigenvalue weighted by Crippen LogP contribution is -1.99. The third-order valence-electron chi connectivity index (χ3n) is 3.05. The fourth-order valence-corrected chi connectivity index (χ4v) is 2.01. The highest BCUT2D eigenvalue weighted by Crippen LogP contribution is 2.26. The first kappa shape index (κ1) is 12.2. The molecule has 90 valence electrons. The van der Waals surface area contributed by atoms with Crippen molar-refractivity contribution in [1.29, 1.82) is 5.26 Å². The Balaban J connectivity index is 2.43. The molecule has 0 aliphatic carbocycles. The number of nitrogens with one attached hydrogen (secondary N) is 1. The van der Waals surface area contributed by atoms with Crippen molar-refractivity contribution in [3.8, 4) is 6.07 Å². The first-order chi connectivity index (χ1) is 8.76. The van der Waals surface area contributed by atoms with E-state index >= 15 is 0 Å². The van der Waals surface area contributed by atoms with E-state index in [4.69, 9.17) is 5.26 Å². The van der Waals surface area contributed by atoms with Crippen LogP contribution in [0.1, 0.15) is 23.6 Å². The predicted octanol–water partition coefficient (Wildman–Crippen LogP) is 4.17. The van der Waals surface area contributed by atoms with Gasteiger partial charge in [0.2, 0.25) is 0 Å². The summed E-state index contributed by atoms with van der Waals surface area (Å²) in [6, 6.07) is 16.2. The van der Waals surface area contributed by atoms with Crippen molar-refractivity contribution in [3.63, 3.8) is 0 Å². The zero-order valence-corrected chi connectivity index (χ0v) is 10.7. The Hall–Kier alpha value is -2.27. The molecule has 0 bridgehead atoms. The number of nitrogens with zero attached hydrogens (tertiary/aromatic N) is 1. The van der Waals surface area contributed by atoms with Crippen LogP contribution >= 0.6 is 0 Å². The number of hydrogen-bond acceptors (Lipinski definition) is 2. The maximum Gasteiger partial charge on any atom is 0.101 e. The van der Waals surface area contributed by atoms with Gasteiger partial charge in [0.25, 0.3) is 0 Å². The molecule has 2 rings (SSSR count). The number of aryl methyl sites for hydroxylation is 2. The molecule has 0 unspecified atom stereocenters. The molecule has 2 aromatic rings. The highest BCUT2D eigenvalue weighted by molar-refractivity contribution is 5.71. The number of benzene rings is 2. The Morgan fingerprint density at radius 2 is 1.89 bits per heavy atom. The molecule has 0 amide bonds. The topological polar surface area (TPSA) is 35.8 Å². The summed E-state index contributed by atoms with van der Waals surface area (Å²) < 4.78 is 0. The largest absolute Gasteiger partial charge is 0.354 e. The van der Waals surface area contributed by atoms with E-state index in [0.29, 0.717) is 5.56 Å². The predicted molar refractivity (Wildman–Crippen MR) is 75.0 cm³/mol. The van der Waals surface area contributed by atoms with Crippen molar-refractivity contribution in [2.45, 2.75) is 20.3 Å². The standard InChI is InChI=1S/C16H16N2/c1-3-13-8-4-5-10-15(13)18-16-12(2)7-6-9-14(16)11-17/h4-10,18H,3H2,1-2H3. The minimum atomic E-state index is 0.681. The van der Waals surface area contributed by atoms with Crippen LogP contribution in [-0.4, -0.2) is 0 Å². The molecule has 0 aliphatic rings. The molecular formula is C16H16N2. The Labute approximate surface area is 108 Å². The molecule has 0 aromatic heterocycles. The number of rotatable bonds is 3. The van der Waals surface area contributed by atoms with Gasteiger partial charge in [0.05, 0.1) is 11.3 Å². The summed E-state index contributed by atoms with van der Waals surface area (Å²) >= 11 is 0. The van der Waals surface area contributed by atoms with Crippen LogP contribution < -0.4 is 5.32 Å². The third kappa shape index (κ3) is 2.36. The van der Waals surface area contributed by atoms with Crippen LogP contribution in [0.5, 0.6) is 0 Å². The van der Waals surface area contributed by atoms with E-state index in [9.17, 15) is 0 Å². The van der Waals surface area contributed by atoms with Crippen LogP contribution in [0.2, 0.25) is 0 Å². The Bertz CT molecular complexity index is 594. The monoisotopic (exact) mass is 236 g/mol. The molecular weight excluding hydrogens is 220 g/mol. The summed E-state index contributed by atoms with van der Waals surface area (Å²) in [6.45, 7) is 4.14. The van der Waals surface area contributed by atoms with Gasteiger partial charge in [0.15, 0.2) is 0 Å². The molecule has 0 saturated heterocycles. The molecule has 0 saturated carbocycles. The Morgan fingerprint density at radius 1 is 1.11 bits per heavy atom. The van der Waals surface area contributed by atoms with Crippen molar-refractivity contribution in [2.24, 2.45) is 0 Å². The summed E-state index contributed by atoms with van der Waals surface area (Å²) in [5.41, 5.74) is 5.00. The summed E-state index contributed by atoms with van der Waals surface area (Å²) in [5.74, 6) is 0. The molecule has 0 atom stereocenters. The van der Waals surface area contributed by atoms with E-state index < -0.39 is 0 Å². The number of hydrogen-bond donors (Lipinski definition) is 1. The summed E-state index contributed by atoms with van der Waals surface area (Å²) in [4.78, 5) is 0. The van der Waals surface area contributed by atoms with Gasteiger partial charge in [-0.3, -0.25) is 0 Å². The molecule has 0 fully saturated rings. The van der Waals surface area contributed by atoms with Gasteiger partial charge in [-0.05, 0) is 36.6 Å². The van der Waals surface area contributed by atoms with Crippen LogP contribution in [0.25, 0.3) is 0 Å². The fraction of sp³-hybridized carbons (Fsp3) is 0.188. The van der Waals surface area contributed by atoms with Crippen LogP contribution in [-0.2, 0) is 6.42 Å². The van der Waals surface area contributed by atoms with Gasteiger partial charge in [0, 0.05) is 5.69 Å². The lowest BCUT2D eigenvalue weighted by atomic mass is 10.1. The quantitative estimate of drug-likeness (QED) is 0.868. The molecule has 0 heterocycles. The second-order valence-electron chi connectivity index (χ2n) is 4.24. The summed E-state index contributed by atoms with van der Waals surface area (Å²) in [6.07, 6.45) is 0.969. The summed E-state index contributed by atoms with van der Waals surface area (Å²) in [5, 5.41) is 12.5. The van der Waals surface area contributed by atoms with Gasteiger partial charge in [0.1, 0.15) is 6.07 Å². The molecule has 1 N–H and O–H groups in total. The number of nitriles is 1. The maximum absolute atomic E-state index is 9.16. The van der Waals surface area contributed by atoms with Crippen molar-refractivity contribution < 1.29 is 0 Å². The van der Waals surface area contributed by atoms with Gasteiger partial charge in [-0.25, -0.2) is 0 Å². The van der Waals surface area contributed by atoms with Gasteiger partial charge in [-0.15, -0.1) is 0 Å². The van der Waals surface area contributed by atoms with Gasteiger partial charge in [-0.1, -0.05) is 37.3 Å². The van der Waals surface area contributed by atoms with Crippen molar-refractivity contribution >= 4 is 11.4 Å². The summed E-state index contributed by atoms with van der Waals surface area (Å²) in [7, 11) is 0. The van der Waals surface area contributed by atoms with Gasteiger partial charge < -0.3 is 5.32 Å². The fourth-order valence-electron chi connectivity index (χ4n) is 2.01. The van der Waals surface area contributed by atoms with Crippen molar-refractivity contribution in [2.75, 3.05) is 5.32 Å². The SMILES string of the molecule is CCc1ccccc1Nc1c(C)cccc1C#N. The molecule has 0 radical (unpaired) electrons. The molecule has 2 aromatic carbocycles. The van der Waals surface area contributed by atoms with Crippen LogP contribution in [0.3, 0.4) is 0 Å². The van der Waals surface area contributed by atoms with E-state index in [1.54, 1.807) is 0 Å². The molecule has 0 aliphatic heterocycles. The van der Waals surface area contributed by atoms with Gasteiger partial charge in [-0.2, -0.15) is 5.26 Å². The lowest BCUT2D eigenvalue weighted by molar-refractivity contribution is 1.14. The van der Waals surface area contributed by atoms with E-state index in [1.165, 1.54) is 5.56 Å². The zero-order valence-electron chi connectivity index (χ0n) is 10.7. The zero-order chi connectivity index (χ0) is 13.0. The minimum absolute atomic E-state index is 0.681. The van der Waals surface area contributed by atoms with E-state index in [1.807, 2.05) is 43.3 Å². The van der Waals surface area contributed by atoms with Crippen molar-refractivity contribution in [3.05, 3.63) is 59.2 Å². The first-order valence-corrected chi connectivity index (χ1v) is 6.11. The first-order valence-electron chi connectivity index (χ1n) is 6.11. The third-order valence-corrected chi connectivity index (χ3v) is 3.05. The van der Waals surface area contributed by atoms with Gasteiger partial charge >= 0.3 is 0 Å². The smallest absolute Gasteiger partial charge is 0.101 e. The molecule has 18 heavy (non-hydrogen) atoms. The highest BCUT2D eigenvalue weighted by Gasteiger charge is 2.07. The van der Waals surface area contributed by atoms with Crippen LogP contribution in [0.4, 0.5) is 11.4 Å². The van der Waals surface area contributed by atoms with Crippen LogP contribution in [0.15, 0.2) is 42.5 Å². The maximum atomic E-state index is 9.16. The van der Waals surface area contributed by atoms with E-state index in [0.717, 1.165) is 23.4 Å². The number of para-hydroxylation sites is 2. The normalized spacial score (nSPS) is 9.83. The second kappa shape index (κ2) is 5.37. The van der Waals surface area contributed by atoms with E-state index in [2.05, 4.69) is 24.4 Å². The van der Waals surface area contributed by atoms with Crippen molar-refractivity contribution in [1.82, 2.24) is 0 Å². The molecule has 2 nitrogen and oxygen atoms in total. The Morgan fingerprint density at radius 3 is 2.61 bits per heavy atom. The van der Waals surface area contributed by atoms with Crippen LogP contribution in [0, 0.1) is 18.3 Å². The second-order valence-corrected chi connectivity index (χ2v) is 4.24. The van der Waals surface area contributed by atoms with E-state index in [-0.39, 0.29) is 0 Å². The Kier molecular flexibility index (Phi) is 3.64. The number of anilines is 2. The average molecular weight is 236 g/mol. The average Bonchev–Trinajstić information content (AvgIpc) is 2.41.